The summed E-state index contributed by atoms with van der Waals surface area (Å²) in [6, 6.07) is 5.23. The van der Waals surface area contributed by atoms with Crippen LogP contribution in [-0.2, 0) is 15.9 Å². The van der Waals surface area contributed by atoms with E-state index in [0.29, 0.717) is 34.3 Å². The smallest absolute Gasteiger partial charge is 0.207 e. The molecule has 0 aliphatic heterocycles. The Morgan fingerprint density at radius 1 is 1.42 bits per heavy atom. The van der Waals surface area contributed by atoms with Crippen molar-refractivity contribution < 1.29 is 8.42 Å². The Hall–Kier alpha value is -0.100. The van der Waals surface area contributed by atoms with Gasteiger partial charge in [-0.25, -0.2) is 8.42 Å². The topological polar surface area (TPSA) is 37.4 Å². The molecular formula is C13H17BrClNO2S. The SMILES string of the molecule is CCN(CC1CC1)S(=O)(=O)c1cc(CCl)ccc1Br. The zero-order valence-corrected chi connectivity index (χ0v) is 13.9. The molecule has 0 saturated heterocycles. The Morgan fingerprint density at radius 2 is 2.11 bits per heavy atom. The van der Waals surface area contributed by atoms with Crippen LogP contribution in [0.5, 0.6) is 0 Å². The summed E-state index contributed by atoms with van der Waals surface area (Å²) in [6.45, 7) is 2.99. The van der Waals surface area contributed by atoms with Gasteiger partial charge in [0.25, 0.3) is 0 Å². The lowest BCUT2D eigenvalue weighted by Gasteiger charge is -2.21. The molecule has 0 radical (unpaired) electrons. The minimum absolute atomic E-state index is 0.310. The zero-order chi connectivity index (χ0) is 14.0. The number of benzene rings is 1. The quantitative estimate of drug-likeness (QED) is 0.721. The van der Waals surface area contributed by atoms with Crippen LogP contribution in [-0.4, -0.2) is 25.8 Å². The highest BCUT2D eigenvalue weighted by molar-refractivity contribution is 9.10. The minimum Gasteiger partial charge on any atom is -0.207 e. The van der Waals surface area contributed by atoms with Crippen molar-refractivity contribution in [3.63, 3.8) is 0 Å². The van der Waals surface area contributed by atoms with Crippen LogP contribution in [0.2, 0.25) is 0 Å². The van der Waals surface area contributed by atoms with Crippen molar-refractivity contribution in [1.29, 1.82) is 0 Å². The maximum absolute atomic E-state index is 12.7. The van der Waals surface area contributed by atoms with E-state index in [1.165, 1.54) is 0 Å². The third-order valence-electron chi connectivity index (χ3n) is 3.28. The van der Waals surface area contributed by atoms with Gasteiger partial charge in [-0.15, -0.1) is 11.6 Å². The summed E-state index contributed by atoms with van der Waals surface area (Å²) in [5.41, 5.74) is 0.811. The molecule has 0 spiro atoms. The molecule has 0 heterocycles. The first-order valence-corrected chi connectivity index (χ1v) is 9.10. The third kappa shape index (κ3) is 3.51. The summed E-state index contributed by atoms with van der Waals surface area (Å²) in [4.78, 5) is 0.313. The highest BCUT2D eigenvalue weighted by Crippen LogP contribution is 2.33. The molecular weight excluding hydrogens is 350 g/mol. The van der Waals surface area contributed by atoms with Gasteiger partial charge in [0.05, 0.1) is 4.90 Å². The summed E-state index contributed by atoms with van der Waals surface area (Å²) >= 11 is 9.11. The molecule has 3 nitrogen and oxygen atoms in total. The average molecular weight is 367 g/mol. The second kappa shape index (κ2) is 6.12. The van der Waals surface area contributed by atoms with E-state index in [9.17, 15) is 8.42 Å². The Bertz CT molecular complexity index is 558. The molecule has 1 aliphatic rings. The van der Waals surface area contributed by atoms with Gasteiger partial charge in [0.1, 0.15) is 0 Å². The van der Waals surface area contributed by atoms with Crippen molar-refractivity contribution >= 4 is 37.6 Å². The predicted octanol–water partition coefficient (Wildman–Crippen LogP) is 3.61. The van der Waals surface area contributed by atoms with Gasteiger partial charge in [-0.05, 0) is 52.4 Å². The van der Waals surface area contributed by atoms with Crippen LogP contribution in [0.15, 0.2) is 27.6 Å². The van der Waals surface area contributed by atoms with E-state index in [1.807, 2.05) is 13.0 Å². The van der Waals surface area contributed by atoms with E-state index in [4.69, 9.17) is 11.6 Å². The Morgan fingerprint density at radius 3 is 2.63 bits per heavy atom. The van der Waals surface area contributed by atoms with Crippen LogP contribution in [0.25, 0.3) is 0 Å². The third-order valence-corrected chi connectivity index (χ3v) is 6.52. The molecule has 6 heteroatoms. The molecule has 0 amide bonds. The molecule has 1 saturated carbocycles. The van der Waals surface area contributed by atoms with E-state index < -0.39 is 10.0 Å². The van der Waals surface area contributed by atoms with E-state index in [1.54, 1.807) is 16.4 Å². The fourth-order valence-electron chi connectivity index (χ4n) is 1.95. The van der Waals surface area contributed by atoms with Crippen LogP contribution in [0.1, 0.15) is 25.3 Å². The molecule has 0 atom stereocenters. The van der Waals surface area contributed by atoms with Gasteiger partial charge >= 0.3 is 0 Å². The van der Waals surface area contributed by atoms with Crippen molar-refractivity contribution in [2.24, 2.45) is 5.92 Å². The Labute approximate surface area is 128 Å². The van der Waals surface area contributed by atoms with Gasteiger partial charge in [0.2, 0.25) is 10.0 Å². The number of sulfonamides is 1. The first kappa shape index (κ1) is 15.3. The highest BCUT2D eigenvalue weighted by atomic mass is 79.9. The van der Waals surface area contributed by atoms with Gasteiger partial charge in [0.15, 0.2) is 0 Å². The lowest BCUT2D eigenvalue weighted by atomic mass is 10.2. The molecule has 1 aromatic carbocycles. The number of rotatable bonds is 6. The van der Waals surface area contributed by atoms with Crippen molar-refractivity contribution in [2.45, 2.75) is 30.5 Å². The maximum Gasteiger partial charge on any atom is 0.244 e. The van der Waals surface area contributed by atoms with E-state index >= 15 is 0 Å². The maximum atomic E-state index is 12.7. The Balaban J connectivity index is 2.35. The molecule has 0 N–H and O–H groups in total. The first-order valence-electron chi connectivity index (χ1n) is 6.33. The lowest BCUT2D eigenvalue weighted by Crippen LogP contribution is -2.33. The van der Waals surface area contributed by atoms with Gasteiger partial charge in [-0.2, -0.15) is 4.31 Å². The second-order valence-electron chi connectivity index (χ2n) is 4.80. The number of halogens is 2. The number of hydrogen-bond acceptors (Lipinski definition) is 2. The minimum atomic E-state index is -3.44. The molecule has 106 valence electrons. The van der Waals surface area contributed by atoms with Crippen LogP contribution in [0.4, 0.5) is 0 Å². The summed E-state index contributed by atoms with van der Waals surface area (Å²) in [5, 5.41) is 0. The standard InChI is InChI=1S/C13H17BrClNO2S/c1-2-16(9-10-3-4-10)19(17,18)13-7-11(8-15)5-6-12(13)14/h5-7,10H,2-4,8-9H2,1H3. The van der Waals surface area contributed by atoms with Crippen molar-refractivity contribution in [1.82, 2.24) is 4.31 Å². The molecule has 1 fully saturated rings. The highest BCUT2D eigenvalue weighted by Gasteiger charge is 2.31. The normalized spacial score (nSPS) is 16.0. The van der Waals surface area contributed by atoms with Gasteiger partial charge < -0.3 is 0 Å². The molecule has 0 bridgehead atoms. The lowest BCUT2D eigenvalue weighted by molar-refractivity contribution is 0.411. The largest absolute Gasteiger partial charge is 0.244 e. The molecule has 1 aromatic rings. The summed E-state index contributed by atoms with van der Waals surface area (Å²) < 4.78 is 27.5. The molecule has 19 heavy (non-hydrogen) atoms. The van der Waals surface area contributed by atoms with E-state index in [-0.39, 0.29) is 0 Å². The monoisotopic (exact) mass is 365 g/mol. The fourth-order valence-corrected chi connectivity index (χ4v) is 4.62. The van der Waals surface area contributed by atoms with Gasteiger partial charge in [-0.1, -0.05) is 13.0 Å². The number of hydrogen-bond donors (Lipinski definition) is 0. The zero-order valence-electron chi connectivity index (χ0n) is 10.8. The number of alkyl halides is 1. The van der Waals surface area contributed by atoms with Crippen LogP contribution >= 0.6 is 27.5 Å². The molecule has 1 aliphatic carbocycles. The predicted molar refractivity (Wildman–Crippen MR) is 80.9 cm³/mol. The van der Waals surface area contributed by atoms with E-state index in [0.717, 1.165) is 18.4 Å². The van der Waals surface area contributed by atoms with Crippen molar-refractivity contribution in [3.8, 4) is 0 Å². The Kier molecular flexibility index (Phi) is 4.93. The molecule has 0 unspecified atom stereocenters. The fraction of sp³-hybridized carbons (Fsp3) is 0.538. The van der Waals surface area contributed by atoms with Crippen LogP contribution in [0.3, 0.4) is 0 Å². The summed E-state index contributed by atoms with van der Waals surface area (Å²) in [6.07, 6.45) is 2.27. The molecule has 0 aromatic heterocycles. The molecule has 2 rings (SSSR count). The van der Waals surface area contributed by atoms with Crippen LogP contribution < -0.4 is 0 Å². The van der Waals surface area contributed by atoms with Crippen LogP contribution in [0, 0.1) is 5.92 Å². The van der Waals surface area contributed by atoms with Gasteiger partial charge in [0, 0.05) is 23.4 Å². The average Bonchev–Trinajstić information content (AvgIpc) is 3.20. The van der Waals surface area contributed by atoms with Gasteiger partial charge in [-0.3, -0.25) is 0 Å². The second-order valence-corrected chi connectivity index (χ2v) is 7.83. The first-order chi connectivity index (χ1) is 8.98. The summed E-state index contributed by atoms with van der Waals surface area (Å²) in [7, 11) is -3.44. The van der Waals surface area contributed by atoms with Crippen molar-refractivity contribution in [3.05, 3.63) is 28.2 Å². The number of nitrogens with zero attached hydrogens (tertiary/aromatic N) is 1. The summed E-state index contributed by atoms with van der Waals surface area (Å²) in [5.74, 6) is 0.842. The van der Waals surface area contributed by atoms with E-state index in [2.05, 4.69) is 15.9 Å². The van der Waals surface area contributed by atoms with Crippen molar-refractivity contribution in [2.75, 3.05) is 13.1 Å².